The Morgan fingerprint density at radius 1 is 1.28 bits per heavy atom. The van der Waals surface area contributed by atoms with Crippen LogP contribution in [0.5, 0.6) is 5.75 Å². The minimum atomic E-state index is -1.08. The molecule has 1 heterocycles. The molecule has 0 saturated heterocycles. The standard InChI is InChI=1S/C19H19ClFNO2S/c1-19(2,24-14-6-4-13(21)5-7-14)18(23)22-16-9-10-25-17-8-3-12(20)11-15(16)17/h3-8,11,16H,9-10H2,1-2H3,(H,22,23). The molecule has 0 radical (unpaired) electrons. The van der Waals surface area contributed by atoms with Gasteiger partial charge in [-0.15, -0.1) is 11.8 Å². The molecule has 0 saturated carbocycles. The summed E-state index contributed by atoms with van der Waals surface area (Å²) in [6.45, 7) is 3.39. The van der Waals surface area contributed by atoms with Gasteiger partial charge in [0.05, 0.1) is 6.04 Å². The maximum atomic E-state index is 13.0. The number of carbonyl (C=O) groups is 1. The van der Waals surface area contributed by atoms with E-state index in [-0.39, 0.29) is 17.8 Å². The van der Waals surface area contributed by atoms with Crippen molar-refractivity contribution in [3.63, 3.8) is 0 Å². The van der Waals surface area contributed by atoms with Gasteiger partial charge in [-0.25, -0.2) is 4.39 Å². The summed E-state index contributed by atoms with van der Waals surface area (Å²) in [7, 11) is 0. The number of nitrogens with one attached hydrogen (secondary N) is 1. The highest BCUT2D eigenvalue weighted by Crippen LogP contribution is 2.37. The van der Waals surface area contributed by atoms with E-state index in [4.69, 9.17) is 16.3 Å². The molecule has 2 aromatic carbocycles. The number of hydrogen-bond acceptors (Lipinski definition) is 3. The van der Waals surface area contributed by atoms with Gasteiger partial charge in [0, 0.05) is 15.7 Å². The lowest BCUT2D eigenvalue weighted by molar-refractivity contribution is -0.135. The molecule has 6 heteroatoms. The first kappa shape index (κ1) is 18.1. The summed E-state index contributed by atoms with van der Waals surface area (Å²) in [5.41, 5.74) is -0.0454. The molecule has 1 N–H and O–H groups in total. The van der Waals surface area contributed by atoms with Crippen LogP contribution < -0.4 is 10.1 Å². The summed E-state index contributed by atoms with van der Waals surface area (Å²) in [6.07, 6.45) is 0.830. The van der Waals surface area contributed by atoms with Crippen molar-refractivity contribution in [2.75, 3.05) is 5.75 Å². The molecule has 1 aliphatic rings. The van der Waals surface area contributed by atoms with Crippen LogP contribution in [-0.4, -0.2) is 17.3 Å². The number of thioether (sulfide) groups is 1. The fraction of sp³-hybridized carbons (Fsp3) is 0.316. The zero-order chi connectivity index (χ0) is 18.0. The van der Waals surface area contributed by atoms with E-state index in [0.29, 0.717) is 10.8 Å². The van der Waals surface area contributed by atoms with Gasteiger partial charge in [-0.05, 0) is 68.3 Å². The van der Waals surface area contributed by atoms with Gasteiger partial charge in [0.2, 0.25) is 0 Å². The molecule has 2 aromatic rings. The fourth-order valence-electron chi connectivity index (χ4n) is 2.69. The number of ether oxygens (including phenoxy) is 1. The Balaban J connectivity index is 1.73. The first-order chi connectivity index (χ1) is 11.8. The molecule has 3 nitrogen and oxygen atoms in total. The van der Waals surface area contributed by atoms with Crippen LogP contribution in [0.2, 0.25) is 5.02 Å². The van der Waals surface area contributed by atoms with E-state index in [1.165, 1.54) is 24.3 Å². The monoisotopic (exact) mass is 379 g/mol. The molecule has 0 aliphatic carbocycles. The highest BCUT2D eigenvalue weighted by atomic mass is 35.5. The molecular formula is C19H19ClFNO2S. The average molecular weight is 380 g/mol. The largest absolute Gasteiger partial charge is 0.478 e. The van der Waals surface area contributed by atoms with Crippen molar-refractivity contribution in [2.45, 2.75) is 36.8 Å². The molecular weight excluding hydrogens is 361 g/mol. The summed E-state index contributed by atoms with van der Waals surface area (Å²) >= 11 is 7.87. The van der Waals surface area contributed by atoms with Crippen LogP contribution in [-0.2, 0) is 4.79 Å². The van der Waals surface area contributed by atoms with Gasteiger partial charge in [-0.2, -0.15) is 0 Å². The van der Waals surface area contributed by atoms with Crippen LogP contribution in [0.1, 0.15) is 31.9 Å². The molecule has 0 fully saturated rings. The minimum Gasteiger partial charge on any atom is -0.478 e. The van der Waals surface area contributed by atoms with Crippen molar-refractivity contribution in [2.24, 2.45) is 0 Å². The SMILES string of the molecule is CC(C)(Oc1ccc(F)cc1)C(=O)NC1CCSc2ccc(Cl)cc21. The minimum absolute atomic E-state index is 0.0986. The van der Waals surface area contributed by atoms with Gasteiger partial charge in [0.15, 0.2) is 5.60 Å². The molecule has 25 heavy (non-hydrogen) atoms. The number of benzene rings is 2. The van der Waals surface area contributed by atoms with Gasteiger partial charge in [0.25, 0.3) is 5.91 Å². The van der Waals surface area contributed by atoms with E-state index in [1.54, 1.807) is 25.6 Å². The van der Waals surface area contributed by atoms with Crippen molar-refractivity contribution in [3.8, 4) is 5.75 Å². The van der Waals surface area contributed by atoms with Crippen LogP contribution in [0, 0.1) is 5.82 Å². The Morgan fingerprint density at radius 2 is 2.00 bits per heavy atom. The van der Waals surface area contributed by atoms with Crippen LogP contribution >= 0.6 is 23.4 Å². The first-order valence-electron chi connectivity index (χ1n) is 8.03. The van der Waals surface area contributed by atoms with Gasteiger partial charge < -0.3 is 10.1 Å². The Morgan fingerprint density at radius 3 is 2.72 bits per heavy atom. The topological polar surface area (TPSA) is 38.3 Å². The number of halogens is 2. The van der Waals surface area contributed by atoms with Gasteiger partial charge in [0.1, 0.15) is 11.6 Å². The van der Waals surface area contributed by atoms with Crippen LogP contribution in [0.25, 0.3) is 0 Å². The first-order valence-corrected chi connectivity index (χ1v) is 9.39. The molecule has 1 atom stereocenters. The second-order valence-electron chi connectivity index (χ2n) is 6.41. The molecule has 0 spiro atoms. The van der Waals surface area contributed by atoms with Gasteiger partial charge in [-0.1, -0.05) is 11.6 Å². The maximum absolute atomic E-state index is 13.0. The summed E-state index contributed by atoms with van der Waals surface area (Å²) in [6, 6.07) is 11.3. The second kappa shape index (κ2) is 7.26. The van der Waals surface area contributed by atoms with E-state index in [0.717, 1.165) is 22.6 Å². The van der Waals surface area contributed by atoms with E-state index in [1.807, 2.05) is 18.2 Å². The number of amides is 1. The molecule has 1 amide bonds. The highest BCUT2D eigenvalue weighted by Gasteiger charge is 2.33. The Kier molecular flexibility index (Phi) is 5.25. The van der Waals surface area contributed by atoms with Crippen LogP contribution in [0.3, 0.4) is 0 Å². The lowest BCUT2D eigenvalue weighted by Crippen LogP contribution is -2.48. The van der Waals surface area contributed by atoms with E-state index in [9.17, 15) is 9.18 Å². The third kappa shape index (κ3) is 4.28. The molecule has 0 bridgehead atoms. The third-order valence-corrected chi connectivity index (χ3v) is 5.41. The summed E-state index contributed by atoms with van der Waals surface area (Å²) in [5.74, 6) is 0.811. The smallest absolute Gasteiger partial charge is 0.264 e. The molecule has 3 rings (SSSR count). The summed E-state index contributed by atoms with van der Waals surface area (Å²) in [5, 5.41) is 3.72. The second-order valence-corrected chi connectivity index (χ2v) is 7.98. The van der Waals surface area contributed by atoms with E-state index < -0.39 is 5.60 Å². The van der Waals surface area contributed by atoms with Crippen molar-refractivity contribution in [1.29, 1.82) is 0 Å². The number of carbonyl (C=O) groups excluding carboxylic acids is 1. The Bertz CT molecular complexity index is 779. The lowest BCUT2D eigenvalue weighted by Gasteiger charge is -2.31. The zero-order valence-electron chi connectivity index (χ0n) is 14.0. The molecule has 1 aliphatic heterocycles. The van der Waals surface area contributed by atoms with Crippen molar-refractivity contribution in [3.05, 3.63) is 58.9 Å². The van der Waals surface area contributed by atoms with Crippen molar-refractivity contribution < 1.29 is 13.9 Å². The van der Waals surface area contributed by atoms with Gasteiger partial charge >= 0.3 is 0 Å². The Hall–Kier alpha value is -1.72. The number of hydrogen-bond donors (Lipinski definition) is 1. The third-order valence-electron chi connectivity index (χ3n) is 4.05. The molecule has 132 valence electrons. The molecule has 1 unspecified atom stereocenters. The maximum Gasteiger partial charge on any atom is 0.264 e. The molecule has 0 aromatic heterocycles. The normalized spacial score (nSPS) is 16.9. The average Bonchev–Trinajstić information content (AvgIpc) is 2.57. The summed E-state index contributed by atoms with van der Waals surface area (Å²) < 4.78 is 18.8. The van der Waals surface area contributed by atoms with Crippen molar-refractivity contribution >= 4 is 29.3 Å². The predicted molar refractivity (Wildman–Crippen MR) is 98.8 cm³/mol. The number of fused-ring (bicyclic) bond motifs is 1. The zero-order valence-corrected chi connectivity index (χ0v) is 15.6. The quantitative estimate of drug-likeness (QED) is 0.813. The number of rotatable bonds is 4. The van der Waals surface area contributed by atoms with E-state index >= 15 is 0 Å². The Labute approximate surface area is 155 Å². The summed E-state index contributed by atoms with van der Waals surface area (Å²) in [4.78, 5) is 13.9. The predicted octanol–water partition coefficient (Wildman–Crippen LogP) is 4.99. The van der Waals surface area contributed by atoms with Gasteiger partial charge in [-0.3, -0.25) is 4.79 Å². The fourth-order valence-corrected chi connectivity index (χ4v) is 3.98. The van der Waals surface area contributed by atoms with E-state index in [2.05, 4.69) is 5.32 Å². The highest BCUT2D eigenvalue weighted by molar-refractivity contribution is 7.99. The lowest BCUT2D eigenvalue weighted by atomic mass is 10.0. The van der Waals surface area contributed by atoms with Crippen molar-refractivity contribution in [1.82, 2.24) is 5.32 Å². The van der Waals surface area contributed by atoms with Crippen LogP contribution in [0.15, 0.2) is 47.4 Å². The van der Waals surface area contributed by atoms with Crippen LogP contribution in [0.4, 0.5) is 4.39 Å².